The average molecular weight is 404 g/mol. The number of carbonyl (C=O) groups is 1. The summed E-state index contributed by atoms with van der Waals surface area (Å²) < 4.78 is 5.85. The molecule has 1 heterocycles. The van der Waals surface area contributed by atoms with Crippen molar-refractivity contribution in [1.82, 2.24) is 4.90 Å². The number of benzene rings is 2. The largest absolute Gasteiger partial charge is 0.481 e. The fourth-order valence-electron chi connectivity index (χ4n) is 3.73. The second-order valence-corrected chi connectivity index (χ2v) is 7.27. The number of ether oxygens (including phenoxy) is 1. The molecular formula is C23H30ClNO3. The third-order valence-corrected chi connectivity index (χ3v) is 5.28. The van der Waals surface area contributed by atoms with E-state index in [1.165, 1.54) is 16.7 Å². The van der Waals surface area contributed by atoms with Crippen LogP contribution in [-0.4, -0.2) is 48.8 Å². The van der Waals surface area contributed by atoms with E-state index >= 15 is 0 Å². The molecule has 0 bridgehead atoms. The zero-order valence-corrected chi connectivity index (χ0v) is 17.1. The summed E-state index contributed by atoms with van der Waals surface area (Å²) in [5, 5.41) is 9.17. The van der Waals surface area contributed by atoms with Gasteiger partial charge in [0.1, 0.15) is 0 Å². The molecule has 1 atom stereocenters. The van der Waals surface area contributed by atoms with Gasteiger partial charge in [0.25, 0.3) is 0 Å². The van der Waals surface area contributed by atoms with Crippen molar-refractivity contribution in [3.8, 4) is 0 Å². The van der Waals surface area contributed by atoms with Crippen LogP contribution in [0.3, 0.4) is 0 Å². The Bertz CT molecular complexity index is 723. The van der Waals surface area contributed by atoms with Gasteiger partial charge in [-0.3, -0.25) is 4.79 Å². The summed E-state index contributed by atoms with van der Waals surface area (Å²) in [6, 6.07) is 19.1. The first-order valence-corrected chi connectivity index (χ1v) is 9.86. The maximum atomic E-state index is 11.1. The van der Waals surface area contributed by atoms with Crippen molar-refractivity contribution in [2.75, 3.05) is 32.8 Å². The van der Waals surface area contributed by atoms with Crippen molar-refractivity contribution < 1.29 is 14.6 Å². The van der Waals surface area contributed by atoms with Crippen molar-refractivity contribution in [1.29, 1.82) is 0 Å². The van der Waals surface area contributed by atoms with E-state index in [4.69, 9.17) is 9.84 Å². The highest BCUT2D eigenvalue weighted by Crippen LogP contribution is 2.17. The lowest BCUT2D eigenvalue weighted by Gasteiger charge is -2.30. The van der Waals surface area contributed by atoms with E-state index in [1.54, 1.807) is 0 Å². The summed E-state index contributed by atoms with van der Waals surface area (Å²) in [7, 11) is 0. The van der Waals surface area contributed by atoms with E-state index < -0.39 is 5.97 Å². The number of nitrogens with zero attached hydrogens (tertiary/aromatic N) is 1. The molecule has 1 aliphatic heterocycles. The first-order chi connectivity index (χ1) is 13.2. The summed E-state index contributed by atoms with van der Waals surface area (Å²) in [6.45, 7) is 3.80. The molecule has 3 rings (SSSR count). The first kappa shape index (κ1) is 22.4. The fourth-order valence-corrected chi connectivity index (χ4v) is 3.73. The molecule has 0 spiro atoms. The van der Waals surface area contributed by atoms with Gasteiger partial charge in [-0.25, -0.2) is 0 Å². The van der Waals surface area contributed by atoms with E-state index in [2.05, 4.69) is 53.4 Å². The number of hydrogen-bond donors (Lipinski definition) is 1. The Labute approximate surface area is 173 Å². The van der Waals surface area contributed by atoms with Crippen molar-refractivity contribution in [3.05, 3.63) is 71.3 Å². The monoisotopic (exact) mass is 403 g/mol. The van der Waals surface area contributed by atoms with Gasteiger partial charge >= 0.3 is 5.97 Å². The van der Waals surface area contributed by atoms with E-state index in [0.29, 0.717) is 19.8 Å². The van der Waals surface area contributed by atoms with Crippen molar-refractivity contribution >= 4 is 18.4 Å². The Morgan fingerprint density at radius 3 is 2.50 bits per heavy atom. The molecule has 0 saturated carbocycles. The minimum absolute atomic E-state index is 0. The minimum Gasteiger partial charge on any atom is -0.481 e. The summed E-state index contributed by atoms with van der Waals surface area (Å²) in [6.07, 6.45) is 3.61. The van der Waals surface area contributed by atoms with Gasteiger partial charge < -0.3 is 14.7 Å². The van der Waals surface area contributed by atoms with Crippen molar-refractivity contribution in [2.45, 2.75) is 25.7 Å². The topological polar surface area (TPSA) is 49.8 Å². The molecule has 0 amide bonds. The normalized spacial score (nSPS) is 17.1. The van der Waals surface area contributed by atoms with Crippen LogP contribution < -0.4 is 0 Å². The average Bonchev–Trinajstić information content (AvgIpc) is 2.70. The third kappa shape index (κ3) is 6.93. The van der Waals surface area contributed by atoms with Gasteiger partial charge in [-0.05, 0) is 48.9 Å². The highest BCUT2D eigenvalue weighted by Gasteiger charge is 2.24. The highest BCUT2D eigenvalue weighted by molar-refractivity contribution is 5.85. The van der Waals surface area contributed by atoms with Gasteiger partial charge in [0, 0.05) is 13.1 Å². The molecule has 2 aromatic rings. The highest BCUT2D eigenvalue weighted by atomic mass is 35.5. The molecule has 0 aromatic heterocycles. The van der Waals surface area contributed by atoms with E-state index in [9.17, 15) is 4.79 Å². The molecule has 1 fully saturated rings. The zero-order chi connectivity index (χ0) is 18.9. The number of halogens is 1. The number of carboxylic acid groups (broad SMARTS) is 1. The molecule has 1 N–H and O–H groups in total. The van der Waals surface area contributed by atoms with Crippen LogP contribution >= 0.6 is 12.4 Å². The molecule has 1 aliphatic rings. The molecule has 5 heteroatoms. The van der Waals surface area contributed by atoms with Gasteiger partial charge in [-0.2, -0.15) is 0 Å². The molecule has 28 heavy (non-hydrogen) atoms. The van der Waals surface area contributed by atoms with Crippen LogP contribution in [0.15, 0.2) is 54.6 Å². The van der Waals surface area contributed by atoms with Gasteiger partial charge in [-0.1, -0.05) is 54.6 Å². The molecule has 152 valence electrons. The van der Waals surface area contributed by atoms with Gasteiger partial charge in [-0.15, -0.1) is 12.4 Å². The zero-order valence-electron chi connectivity index (χ0n) is 16.3. The smallest absolute Gasteiger partial charge is 0.307 e. The summed E-state index contributed by atoms with van der Waals surface area (Å²) >= 11 is 0. The number of carboxylic acids is 1. The summed E-state index contributed by atoms with van der Waals surface area (Å²) in [5.41, 5.74) is 4.02. The maximum absolute atomic E-state index is 11.1. The molecule has 0 unspecified atom stereocenters. The van der Waals surface area contributed by atoms with Gasteiger partial charge in [0.15, 0.2) is 0 Å². The summed E-state index contributed by atoms with van der Waals surface area (Å²) in [5.74, 6) is -0.890. The number of aliphatic carboxylic acids is 1. The second kappa shape index (κ2) is 11.8. The van der Waals surface area contributed by atoms with Crippen LogP contribution in [0.25, 0.3) is 0 Å². The second-order valence-electron chi connectivity index (χ2n) is 7.27. The predicted molar refractivity (Wildman–Crippen MR) is 114 cm³/mol. The van der Waals surface area contributed by atoms with Crippen molar-refractivity contribution in [2.24, 2.45) is 5.92 Å². The van der Waals surface area contributed by atoms with Crippen LogP contribution in [-0.2, 0) is 22.4 Å². The van der Waals surface area contributed by atoms with Crippen molar-refractivity contribution in [3.63, 3.8) is 0 Å². The van der Waals surface area contributed by atoms with Gasteiger partial charge in [0.2, 0.25) is 0 Å². The van der Waals surface area contributed by atoms with E-state index in [-0.39, 0.29) is 18.3 Å². The molecule has 1 saturated heterocycles. The number of likely N-dealkylation sites (tertiary alicyclic amines) is 1. The lowest BCUT2D eigenvalue weighted by molar-refractivity contribution is -0.143. The lowest BCUT2D eigenvalue weighted by Crippen LogP contribution is -2.40. The number of rotatable bonds is 9. The van der Waals surface area contributed by atoms with Crippen LogP contribution in [0.4, 0.5) is 0 Å². The lowest BCUT2D eigenvalue weighted by atomic mass is 9.98. The first-order valence-electron chi connectivity index (χ1n) is 9.86. The third-order valence-electron chi connectivity index (χ3n) is 5.28. The maximum Gasteiger partial charge on any atom is 0.307 e. The van der Waals surface area contributed by atoms with Crippen LogP contribution in [0.5, 0.6) is 0 Å². The Morgan fingerprint density at radius 2 is 1.75 bits per heavy atom. The Balaban J connectivity index is 0.00000280. The van der Waals surface area contributed by atoms with Crippen LogP contribution in [0, 0.1) is 5.92 Å². The molecule has 2 aromatic carbocycles. The van der Waals surface area contributed by atoms with Crippen LogP contribution in [0.2, 0.25) is 0 Å². The molecule has 0 radical (unpaired) electrons. The molecule has 4 nitrogen and oxygen atoms in total. The standard InChI is InChI=1S/C23H29NO3.ClH/c25-23(26)22-11-6-13-24(18-22)14-16-27-15-12-20-9-4-5-10-21(20)17-19-7-2-1-3-8-19;/h1-5,7-10,22H,6,11-18H2,(H,25,26);1H/t22-;/m1./s1. The number of piperidine rings is 1. The van der Waals surface area contributed by atoms with E-state index in [0.717, 1.165) is 38.8 Å². The fraction of sp³-hybridized carbons (Fsp3) is 0.435. The Hall–Kier alpha value is -1.88. The number of hydrogen-bond acceptors (Lipinski definition) is 3. The van der Waals surface area contributed by atoms with E-state index in [1.807, 2.05) is 6.07 Å². The molecule has 0 aliphatic carbocycles. The Kier molecular flexibility index (Phi) is 9.48. The quantitative estimate of drug-likeness (QED) is 0.641. The van der Waals surface area contributed by atoms with Gasteiger partial charge in [0.05, 0.1) is 19.1 Å². The minimum atomic E-state index is -0.671. The predicted octanol–water partition coefficient (Wildman–Crippen LogP) is 4.05. The summed E-state index contributed by atoms with van der Waals surface area (Å²) in [4.78, 5) is 13.4. The Morgan fingerprint density at radius 1 is 1.04 bits per heavy atom. The van der Waals surface area contributed by atoms with Crippen LogP contribution in [0.1, 0.15) is 29.5 Å². The molecular weight excluding hydrogens is 374 g/mol. The SMILES string of the molecule is Cl.O=C(O)[C@@H]1CCCN(CCOCCc2ccccc2Cc2ccccc2)C1.